The van der Waals surface area contributed by atoms with Gasteiger partial charge in [0.1, 0.15) is 5.69 Å². The predicted octanol–water partition coefficient (Wildman–Crippen LogP) is 0.848. The van der Waals surface area contributed by atoms with E-state index in [1.54, 1.807) is 11.8 Å². The van der Waals surface area contributed by atoms with Gasteiger partial charge in [0.15, 0.2) is 5.69 Å². The summed E-state index contributed by atoms with van der Waals surface area (Å²) in [6.45, 7) is 0. The first-order valence-corrected chi connectivity index (χ1v) is 6.70. The number of aromatic nitrogens is 6. The van der Waals surface area contributed by atoms with Gasteiger partial charge in [-0.3, -0.25) is 4.79 Å². The van der Waals surface area contributed by atoms with Crippen LogP contribution in [0.2, 0.25) is 0 Å². The first-order valence-electron chi connectivity index (χ1n) is 5.47. The molecule has 0 spiro atoms. The van der Waals surface area contributed by atoms with Crippen molar-refractivity contribution in [3.8, 4) is 11.3 Å². The highest BCUT2D eigenvalue weighted by Crippen LogP contribution is 2.35. The van der Waals surface area contributed by atoms with Crippen LogP contribution in [-0.4, -0.2) is 42.3 Å². The zero-order chi connectivity index (χ0) is 13.0. The van der Waals surface area contributed by atoms with Gasteiger partial charge in [0, 0.05) is 16.0 Å². The highest BCUT2D eigenvalue weighted by atomic mass is 32.2. The molecule has 8 heteroatoms. The fourth-order valence-electron chi connectivity index (χ4n) is 2.12. The van der Waals surface area contributed by atoms with Crippen LogP contribution in [-0.2, 0) is 0 Å². The fourth-order valence-corrected chi connectivity index (χ4v) is 2.56. The molecule has 92 valence electrons. The number of carbonyl (C=O) groups is 1. The molecule has 0 atom stereocenters. The second-order valence-corrected chi connectivity index (χ2v) is 4.90. The summed E-state index contributed by atoms with van der Waals surface area (Å²) in [6.07, 6.45) is 1.97. The summed E-state index contributed by atoms with van der Waals surface area (Å²) in [5.41, 5.74) is 2.27. The van der Waals surface area contributed by atoms with Gasteiger partial charge in [-0.25, -0.2) is 4.98 Å². The SMILES string of the molecule is CSc1ccc2c(c1)C(=O)c1nn3nnnc3nc1-2. The highest BCUT2D eigenvalue weighted by molar-refractivity contribution is 7.98. The van der Waals surface area contributed by atoms with Crippen molar-refractivity contribution < 1.29 is 4.79 Å². The molecule has 1 aliphatic carbocycles. The van der Waals surface area contributed by atoms with Crippen LogP contribution in [0.25, 0.3) is 17.0 Å². The summed E-state index contributed by atoms with van der Waals surface area (Å²) < 4.78 is 1.16. The van der Waals surface area contributed by atoms with Crippen molar-refractivity contribution >= 4 is 23.3 Å². The molecule has 19 heavy (non-hydrogen) atoms. The predicted molar refractivity (Wildman–Crippen MR) is 67.0 cm³/mol. The van der Waals surface area contributed by atoms with Crippen molar-refractivity contribution in [2.24, 2.45) is 0 Å². The number of fused-ring (bicyclic) bond motifs is 4. The maximum absolute atomic E-state index is 12.3. The van der Waals surface area contributed by atoms with E-state index in [9.17, 15) is 4.79 Å². The Kier molecular flexibility index (Phi) is 1.99. The Morgan fingerprint density at radius 3 is 2.95 bits per heavy atom. The Bertz CT molecular complexity index is 842. The second-order valence-electron chi connectivity index (χ2n) is 4.02. The van der Waals surface area contributed by atoms with Crippen molar-refractivity contribution in [1.82, 2.24) is 30.2 Å². The molecule has 3 aromatic rings. The molecule has 0 fully saturated rings. The first-order chi connectivity index (χ1) is 9.28. The molecule has 2 aromatic heterocycles. The van der Waals surface area contributed by atoms with Crippen LogP contribution < -0.4 is 0 Å². The van der Waals surface area contributed by atoms with Crippen molar-refractivity contribution in [2.75, 3.05) is 6.26 Å². The van der Waals surface area contributed by atoms with Gasteiger partial charge in [-0.2, -0.15) is 0 Å². The molecule has 0 amide bonds. The monoisotopic (exact) mass is 270 g/mol. The van der Waals surface area contributed by atoms with Crippen LogP contribution in [0.5, 0.6) is 0 Å². The molecule has 0 N–H and O–H groups in total. The molecule has 0 unspecified atom stereocenters. The normalized spacial score (nSPS) is 12.8. The van der Waals surface area contributed by atoms with Gasteiger partial charge in [0.25, 0.3) is 5.78 Å². The van der Waals surface area contributed by atoms with Gasteiger partial charge in [-0.05, 0) is 28.8 Å². The van der Waals surface area contributed by atoms with E-state index in [4.69, 9.17) is 0 Å². The van der Waals surface area contributed by atoms with Crippen molar-refractivity contribution in [1.29, 1.82) is 0 Å². The van der Waals surface area contributed by atoms with Crippen LogP contribution in [0, 0.1) is 0 Å². The summed E-state index contributed by atoms with van der Waals surface area (Å²) in [5, 5.41) is 15.0. The highest BCUT2D eigenvalue weighted by Gasteiger charge is 2.31. The van der Waals surface area contributed by atoms with Crippen molar-refractivity contribution in [2.45, 2.75) is 4.90 Å². The molecule has 1 aromatic carbocycles. The molecule has 7 nitrogen and oxygen atoms in total. The number of ketones is 1. The summed E-state index contributed by atoms with van der Waals surface area (Å²) in [6, 6.07) is 5.71. The van der Waals surface area contributed by atoms with Gasteiger partial charge in [0.05, 0.1) is 0 Å². The summed E-state index contributed by atoms with van der Waals surface area (Å²) >= 11 is 1.59. The van der Waals surface area contributed by atoms with Crippen LogP contribution >= 0.6 is 11.8 Å². The average molecular weight is 270 g/mol. The number of hydrogen-bond acceptors (Lipinski definition) is 7. The summed E-state index contributed by atoms with van der Waals surface area (Å²) in [4.78, 5) is 17.7. The zero-order valence-corrected chi connectivity index (χ0v) is 10.5. The van der Waals surface area contributed by atoms with Crippen molar-refractivity contribution in [3.63, 3.8) is 0 Å². The van der Waals surface area contributed by atoms with E-state index in [1.165, 1.54) is 0 Å². The molecular weight excluding hydrogens is 264 g/mol. The lowest BCUT2D eigenvalue weighted by Crippen LogP contribution is -2.06. The number of benzene rings is 1. The van der Waals surface area contributed by atoms with Gasteiger partial charge in [-0.1, -0.05) is 15.8 Å². The van der Waals surface area contributed by atoms with E-state index in [1.807, 2.05) is 24.5 Å². The van der Waals surface area contributed by atoms with Crippen LogP contribution in [0.1, 0.15) is 16.1 Å². The number of hydrogen-bond donors (Lipinski definition) is 0. The van der Waals surface area contributed by atoms with E-state index in [0.29, 0.717) is 17.0 Å². The third-order valence-corrected chi connectivity index (χ3v) is 3.74. The smallest absolute Gasteiger partial charge is 0.287 e. The quantitative estimate of drug-likeness (QED) is 0.474. The summed E-state index contributed by atoms with van der Waals surface area (Å²) in [7, 11) is 0. The molecule has 0 radical (unpaired) electrons. The lowest BCUT2D eigenvalue weighted by Gasteiger charge is -2.00. The number of rotatable bonds is 1. The largest absolute Gasteiger partial charge is 0.291 e. The third-order valence-electron chi connectivity index (χ3n) is 3.01. The second kappa shape index (κ2) is 3.58. The van der Waals surface area contributed by atoms with Gasteiger partial charge in [0.2, 0.25) is 5.78 Å². The molecule has 4 rings (SSSR count). The Morgan fingerprint density at radius 2 is 2.11 bits per heavy atom. The maximum Gasteiger partial charge on any atom is 0.291 e. The third kappa shape index (κ3) is 1.34. The molecular formula is C11H6N6OS. The first kappa shape index (κ1) is 10.6. The Balaban J connectivity index is 2.04. The lowest BCUT2D eigenvalue weighted by atomic mass is 10.1. The Labute approximate surface area is 111 Å². The topological polar surface area (TPSA) is 85.9 Å². The Morgan fingerprint density at radius 1 is 1.21 bits per heavy atom. The van der Waals surface area contributed by atoms with E-state index < -0.39 is 0 Å². The van der Waals surface area contributed by atoms with Gasteiger partial charge >= 0.3 is 0 Å². The molecule has 0 bridgehead atoms. The standard InChI is InChI=1S/C11H6N6OS/c1-19-5-2-3-6-7(4-5)10(18)9-8(6)12-11-13-15-16-17(11)14-9/h2-4H,1H3. The van der Waals surface area contributed by atoms with Crippen LogP contribution in [0.3, 0.4) is 0 Å². The Hall–Kier alpha value is -2.35. The molecule has 0 saturated heterocycles. The summed E-state index contributed by atoms with van der Waals surface area (Å²) in [5.74, 6) is 0.152. The van der Waals surface area contributed by atoms with Crippen LogP contribution in [0.15, 0.2) is 23.1 Å². The molecule has 1 aliphatic rings. The van der Waals surface area contributed by atoms with Crippen LogP contribution in [0.4, 0.5) is 0 Å². The van der Waals surface area contributed by atoms with E-state index in [0.717, 1.165) is 15.1 Å². The van der Waals surface area contributed by atoms with E-state index >= 15 is 0 Å². The zero-order valence-electron chi connectivity index (χ0n) is 9.73. The van der Waals surface area contributed by atoms with Crippen molar-refractivity contribution in [3.05, 3.63) is 29.5 Å². The maximum atomic E-state index is 12.3. The number of thioether (sulfide) groups is 1. The number of nitrogens with zero attached hydrogens (tertiary/aromatic N) is 6. The van der Waals surface area contributed by atoms with E-state index in [2.05, 4.69) is 25.6 Å². The fraction of sp³-hybridized carbons (Fsp3) is 0.0909. The molecule has 0 aliphatic heterocycles. The van der Waals surface area contributed by atoms with Gasteiger partial charge < -0.3 is 0 Å². The lowest BCUT2D eigenvalue weighted by molar-refractivity contribution is 0.103. The number of tetrazole rings is 1. The van der Waals surface area contributed by atoms with E-state index in [-0.39, 0.29) is 11.6 Å². The molecule has 0 saturated carbocycles. The minimum Gasteiger partial charge on any atom is -0.287 e. The minimum atomic E-state index is -0.134. The molecule has 2 heterocycles. The number of carbonyl (C=O) groups excluding carboxylic acids is 1. The average Bonchev–Trinajstić information content (AvgIpc) is 3.00. The van der Waals surface area contributed by atoms with Gasteiger partial charge in [-0.15, -0.1) is 16.9 Å². The minimum absolute atomic E-state index is 0.134.